The predicted octanol–water partition coefficient (Wildman–Crippen LogP) is 5.80. The fraction of sp³-hybridized carbons (Fsp3) is 0.158. The number of hydrogen-bond acceptors (Lipinski definition) is 0. The van der Waals surface area contributed by atoms with Gasteiger partial charge in [-0.3, -0.25) is 0 Å². The summed E-state index contributed by atoms with van der Waals surface area (Å²) in [6.07, 6.45) is 0. The molecule has 0 nitrogen and oxygen atoms in total. The minimum Gasteiger partial charge on any atom is -0.0843 e. The summed E-state index contributed by atoms with van der Waals surface area (Å²) < 4.78 is 0. The van der Waals surface area contributed by atoms with Crippen LogP contribution >= 0.6 is 11.6 Å². The van der Waals surface area contributed by atoms with Gasteiger partial charge >= 0.3 is 0 Å². The van der Waals surface area contributed by atoms with Crippen molar-refractivity contribution in [2.24, 2.45) is 0 Å². The lowest BCUT2D eigenvalue weighted by molar-refractivity contribution is 0.666. The van der Waals surface area contributed by atoms with Crippen LogP contribution in [0.5, 0.6) is 0 Å². The van der Waals surface area contributed by atoms with Gasteiger partial charge in [0, 0.05) is 10.4 Å². The molecule has 4 rings (SSSR count). The molecule has 1 heteroatoms. The number of fused-ring (bicyclic) bond motifs is 5. The molecule has 0 fully saturated rings. The Hall–Kier alpha value is -1.79. The molecule has 0 atom stereocenters. The average molecular weight is 279 g/mol. The summed E-state index contributed by atoms with van der Waals surface area (Å²) in [7, 11) is 0. The van der Waals surface area contributed by atoms with Gasteiger partial charge in [0.25, 0.3) is 0 Å². The molecule has 0 aromatic heterocycles. The molecule has 3 aromatic rings. The van der Waals surface area contributed by atoms with Crippen LogP contribution in [0.3, 0.4) is 0 Å². The molecule has 0 bridgehead atoms. The van der Waals surface area contributed by atoms with E-state index in [2.05, 4.69) is 62.4 Å². The molecule has 0 aliphatic heterocycles. The lowest BCUT2D eigenvalue weighted by Crippen LogP contribution is -2.15. The summed E-state index contributed by atoms with van der Waals surface area (Å²) in [4.78, 5) is 0. The van der Waals surface area contributed by atoms with E-state index >= 15 is 0 Å². The van der Waals surface area contributed by atoms with Crippen LogP contribution in [-0.4, -0.2) is 0 Å². The highest BCUT2D eigenvalue weighted by Crippen LogP contribution is 2.51. The van der Waals surface area contributed by atoms with Gasteiger partial charge in [0.1, 0.15) is 0 Å². The van der Waals surface area contributed by atoms with Gasteiger partial charge in [0.2, 0.25) is 0 Å². The Morgan fingerprint density at radius 2 is 1.65 bits per heavy atom. The van der Waals surface area contributed by atoms with Gasteiger partial charge in [-0.15, -0.1) is 0 Å². The van der Waals surface area contributed by atoms with Crippen molar-refractivity contribution in [2.75, 3.05) is 0 Å². The number of hydrogen-bond donors (Lipinski definition) is 0. The maximum Gasteiger partial charge on any atom is 0.0412 e. The van der Waals surface area contributed by atoms with E-state index in [0.717, 1.165) is 5.02 Å². The summed E-state index contributed by atoms with van der Waals surface area (Å²) >= 11 is 6.20. The molecule has 0 spiro atoms. The second-order valence-electron chi connectivity index (χ2n) is 6.02. The van der Waals surface area contributed by atoms with E-state index in [1.54, 1.807) is 0 Å². The van der Waals surface area contributed by atoms with Crippen molar-refractivity contribution >= 4 is 22.4 Å². The molecular formula is C19H15Cl. The minimum absolute atomic E-state index is 0.0239. The topological polar surface area (TPSA) is 0 Å². The van der Waals surface area contributed by atoms with E-state index in [9.17, 15) is 0 Å². The van der Waals surface area contributed by atoms with Crippen molar-refractivity contribution in [1.29, 1.82) is 0 Å². The smallest absolute Gasteiger partial charge is 0.0412 e. The number of halogens is 1. The molecule has 0 saturated carbocycles. The molecule has 0 N–H and O–H groups in total. The third-order valence-corrected chi connectivity index (χ3v) is 4.73. The molecule has 0 saturated heterocycles. The van der Waals surface area contributed by atoms with Crippen LogP contribution in [0.1, 0.15) is 25.0 Å². The zero-order valence-corrected chi connectivity index (χ0v) is 12.3. The molecule has 0 amide bonds. The summed E-state index contributed by atoms with van der Waals surface area (Å²) in [5.74, 6) is 0. The standard InChI is InChI=1S/C19H15Cl/c1-19(2)17-10-8-13(20)11-16(17)15-9-7-12-5-3-4-6-14(12)18(15)19/h3-11H,1-2H3. The first-order valence-electron chi connectivity index (χ1n) is 6.92. The van der Waals surface area contributed by atoms with E-state index in [0.29, 0.717) is 0 Å². The van der Waals surface area contributed by atoms with Gasteiger partial charge in [-0.25, -0.2) is 0 Å². The van der Waals surface area contributed by atoms with Gasteiger partial charge in [-0.2, -0.15) is 0 Å². The summed E-state index contributed by atoms with van der Waals surface area (Å²) in [5, 5.41) is 3.46. The van der Waals surface area contributed by atoms with Crippen LogP contribution in [0.25, 0.3) is 21.9 Å². The minimum atomic E-state index is 0.0239. The van der Waals surface area contributed by atoms with Crippen LogP contribution in [-0.2, 0) is 5.41 Å². The molecule has 0 heterocycles. The molecule has 3 aromatic carbocycles. The fourth-order valence-corrected chi connectivity index (χ4v) is 3.76. The zero-order valence-electron chi connectivity index (χ0n) is 11.6. The summed E-state index contributed by atoms with van der Waals surface area (Å²) in [5.41, 5.74) is 5.42. The van der Waals surface area contributed by atoms with Crippen LogP contribution in [0.2, 0.25) is 5.02 Å². The van der Waals surface area contributed by atoms with Gasteiger partial charge in [0.15, 0.2) is 0 Å². The Kier molecular flexibility index (Phi) is 2.32. The van der Waals surface area contributed by atoms with Crippen molar-refractivity contribution < 1.29 is 0 Å². The lowest BCUT2D eigenvalue weighted by atomic mass is 9.80. The summed E-state index contributed by atoms with van der Waals surface area (Å²) in [6.45, 7) is 4.61. The van der Waals surface area contributed by atoms with Crippen molar-refractivity contribution in [1.82, 2.24) is 0 Å². The normalized spacial score (nSPS) is 15.2. The number of rotatable bonds is 0. The summed E-state index contributed by atoms with van der Waals surface area (Å²) in [6, 6.07) is 19.3. The highest BCUT2D eigenvalue weighted by molar-refractivity contribution is 6.31. The molecular weight excluding hydrogens is 264 g/mol. The Morgan fingerprint density at radius 3 is 2.50 bits per heavy atom. The van der Waals surface area contributed by atoms with Crippen molar-refractivity contribution in [3.05, 3.63) is 70.7 Å². The first kappa shape index (κ1) is 12.0. The second-order valence-corrected chi connectivity index (χ2v) is 6.46. The highest BCUT2D eigenvalue weighted by Gasteiger charge is 2.36. The van der Waals surface area contributed by atoms with Crippen molar-refractivity contribution in [2.45, 2.75) is 19.3 Å². The molecule has 1 aliphatic carbocycles. The maximum atomic E-state index is 6.20. The first-order valence-corrected chi connectivity index (χ1v) is 7.29. The van der Waals surface area contributed by atoms with E-state index in [1.807, 2.05) is 6.07 Å². The second kappa shape index (κ2) is 3.86. The van der Waals surface area contributed by atoms with E-state index in [1.165, 1.54) is 33.0 Å². The fourth-order valence-electron chi connectivity index (χ4n) is 3.59. The third-order valence-electron chi connectivity index (χ3n) is 4.50. The first-order chi connectivity index (χ1) is 9.59. The monoisotopic (exact) mass is 278 g/mol. The van der Waals surface area contributed by atoms with Crippen LogP contribution in [0.15, 0.2) is 54.6 Å². The van der Waals surface area contributed by atoms with Gasteiger partial charge in [-0.1, -0.05) is 67.9 Å². The van der Waals surface area contributed by atoms with E-state index in [-0.39, 0.29) is 5.41 Å². The van der Waals surface area contributed by atoms with Gasteiger partial charge in [-0.05, 0) is 45.2 Å². The highest BCUT2D eigenvalue weighted by atomic mass is 35.5. The van der Waals surface area contributed by atoms with Crippen LogP contribution < -0.4 is 0 Å². The van der Waals surface area contributed by atoms with Crippen molar-refractivity contribution in [3.8, 4) is 11.1 Å². The van der Waals surface area contributed by atoms with Gasteiger partial charge < -0.3 is 0 Å². The third kappa shape index (κ3) is 1.43. The van der Waals surface area contributed by atoms with Gasteiger partial charge in [0.05, 0.1) is 0 Å². The lowest BCUT2D eigenvalue weighted by Gasteiger charge is -2.23. The Labute approximate surface area is 124 Å². The largest absolute Gasteiger partial charge is 0.0843 e. The number of benzene rings is 3. The Morgan fingerprint density at radius 1 is 0.850 bits per heavy atom. The molecule has 0 unspecified atom stereocenters. The SMILES string of the molecule is CC1(C)c2ccc(Cl)cc2-c2ccc3ccccc3c21. The Balaban J connectivity index is 2.18. The Bertz CT molecular complexity index is 844. The molecule has 1 aliphatic rings. The van der Waals surface area contributed by atoms with Crippen LogP contribution in [0, 0.1) is 0 Å². The molecule has 0 radical (unpaired) electrons. The average Bonchev–Trinajstić information content (AvgIpc) is 2.67. The predicted molar refractivity (Wildman–Crippen MR) is 86.5 cm³/mol. The quantitative estimate of drug-likeness (QED) is 0.487. The van der Waals surface area contributed by atoms with Crippen molar-refractivity contribution in [3.63, 3.8) is 0 Å². The zero-order chi connectivity index (χ0) is 13.9. The van der Waals surface area contributed by atoms with Crippen LogP contribution in [0.4, 0.5) is 0 Å². The maximum absolute atomic E-state index is 6.20. The molecule has 98 valence electrons. The van der Waals surface area contributed by atoms with E-state index < -0.39 is 0 Å². The van der Waals surface area contributed by atoms with E-state index in [4.69, 9.17) is 11.6 Å². The molecule has 20 heavy (non-hydrogen) atoms.